The van der Waals surface area contributed by atoms with E-state index in [1.807, 2.05) is 36.9 Å². The first kappa shape index (κ1) is 12.8. The third-order valence-electron chi connectivity index (χ3n) is 3.40. The van der Waals surface area contributed by atoms with E-state index in [4.69, 9.17) is 0 Å². The Kier molecular flexibility index (Phi) is 3.50. The molecular formula is C15H19NO2. The molecule has 0 spiro atoms. The maximum atomic E-state index is 12.0. The maximum Gasteiger partial charge on any atom is 0.223 e. The monoisotopic (exact) mass is 245 g/mol. The van der Waals surface area contributed by atoms with Gasteiger partial charge in [-0.15, -0.1) is 0 Å². The van der Waals surface area contributed by atoms with E-state index < -0.39 is 5.41 Å². The van der Waals surface area contributed by atoms with E-state index in [1.54, 1.807) is 0 Å². The number of amides is 1. The number of aldehydes is 1. The molecule has 1 amide bonds. The Morgan fingerprint density at radius 2 is 2.00 bits per heavy atom. The molecule has 96 valence electrons. The number of rotatable bonds is 4. The summed E-state index contributed by atoms with van der Waals surface area (Å²) < 4.78 is 0. The summed E-state index contributed by atoms with van der Waals surface area (Å²) in [5, 5.41) is 0. The number of likely N-dealkylation sites (tertiary alicyclic amines) is 1. The van der Waals surface area contributed by atoms with Crippen LogP contribution in [0.3, 0.4) is 0 Å². The summed E-state index contributed by atoms with van der Waals surface area (Å²) in [6, 6.07) is 10.1. The molecule has 0 N–H and O–H groups in total. The maximum absolute atomic E-state index is 12.0. The summed E-state index contributed by atoms with van der Waals surface area (Å²) in [7, 11) is 0. The minimum Gasteiger partial charge on any atom is -0.341 e. The van der Waals surface area contributed by atoms with Gasteiger partial charge >= 0.3 is 0 Å². The van der Waals surface area contributed by atoms with Gasteiger partial charge in [0.05, 0.1) is 0 Å². The number of carbonyl (C=O) groups excluding carboxylic acids is 2. The fourth-order valence-corrected chi connectivity index (χ4v) is 2.40. The van der Waals surface area contributed by atoms with Crippen LogP contribution >= 0.6 is 0 Å². The smallest absolute Gasteiger partial charge is 0.223 e. The lowest BCUT2D eigenvalue weighted by Crippen LogP contribution is -2.36. The zero-order valence-corrected chi connectivity index (χ0v) is 10.9. The number of nitrogens with zero attached hydrogens (tertiary/aromatic N) is 1. The minimum atomic E-state index is -0.457. The lowest BCUT2D eigenvalue weighted by Gasteiger charge is -2.25. The number of benzene rings is 1. The summed E-state index contributed by atoms with van der Waals surface area (Å²) in [6.07, 6.45) is 1.48. The van der Waals surface area contributed by atoms with Crippen LogP contribution in [-0.4, -0.2) is 30.2 Å². The largest absolute Gasteiger partial charge is 0.341 e. The first-order chi connectivity index (χ1) is 8.52. The molecule has 0 radical (unpaired) electrons. The molecule has 0 bridgehead atoms. The second-order valence-corrected chi connectivity index (χ2v) is 5.69. The normalized spacial score (nSPS) is 20.2. The van der Waals surface area contributed by atoms with Crippen molar-refractivity contribution in [3.63, 3.8) is 0 Å². The van der Waals surface area contributed by atoms with Crippen molar-refractivity contribution >= 4 is 12.2 Å². The van der Waals surface area contributed by atoms with E-state index in [9.17, 15) is 9.59 Å². The highest BCUT2D eigenvalue weighted by molar-refractivity contribution is 5.80. The van der Waals surface area contributed by atoms with Gasteiger partial charge in [0, 0.05) is 30.8 Å². The van der Waals surface area contributed by atoms with Gasteiger partial charge < -0.3 is 9.69 Å². The number of hydrogen-bond acceptors (Lipinski definition) is 2. The van der Waals surface area contributed by atoms with Crippen LogP contribution in [-0.2, 0) is 9.59 Å². The molecule has 0 saturated carbocycles. The van der Waals surface area contributed by atoms with E-state index in [0.717, 1.165) is 12.8 Å². The highest BCUT2D eigenvalue weighted by Gasteiger charge is 2.33. The molecule has 1 heterocycles. The van der Waals surface area contributed by atoms with Crippen LogP contribution in [0.15, 0.2) is 30.3 Å². The highest BCUT2D eigenvalue weighted by Crippen LogP contribution is 2.29. The van der Waals surface area contributed by atoms with Crippen LogP contribution in [0.25, 0.3) is 0 Å². The van der Waals surface area contributed by atoms with Gasteiger partial charge in [-0.1, -0.05) is 44.2 Å². The van der Waals surface area contributed by atoms with Crippen LogP contribution in [0.4, 0.5) is 0 Å². The van der Waals surface area contributed by atoms with Crippen LogP contribution in [0.5, 0.6) is 0 Å². The quantitative estimate of drug-likeness (QED) is 0.763. The predicted octanol–water partition coefficient (Wildman–Crippen LogP) is 2.23. The summed E-state index contributed by atoms with van der Waals surface area (Å²) in [4.78, 5) is 24.7. The summed E-state index contributed by atoms with van der Waals surface area (Å²) in [5.74, 6) is 0.417. The Bertz CT molecular complexity index is 439. The molecule has 0 aromatic heterocycles. The Morgan fingerprint density at radius 1 is 1.33 bits per heavy atom. The van der Waals surface area contributed by atoms with E-state index in [1.165, 1.54) is 5.56 Å². The highest BCUT2D eigenvalue weighted by atomic mass is 16.2. The van der Waals surface area contributed by atoms with E-state index >= 15 is 0 Å². The fourth-order valence-electron chi connectivity index (χ4n) is 2.40. The standard InChI is InChI=1S/C15H19NO2/c1-15(2,11-17)10-16-9-13(8-14(16)18)12-6-4-3-5-7-12/h3-7,11,13H,8-10H2,1-2H3. The van der Waals surface area contributed by atoms with Crippen LogP contribution < -0.4 is 0 Å². The van der Waals surface area contributed by atoms with Gasteiger partial charge in [0.15, 0.2) is 0 Å². The minimum absolute atomic E-state index is 0.152. The molecule has 1 aliphatic heterocycles. The van der Waals surface area contributed by atoms with E-state index in [-0.39, 0.29) is 11.8 Å². The zero-order valence-electron chi connectivity index (χ0n) is 10.9. The van der Waals surface area contributed by atoms with E-state index in [0.29, 0.717) is 13.0 Å². The SMILES string of the molecule is CC(C)(C=O)CN1CC(c2ccccc2)CC1=O. The molecule has 1 aliphatic rings. The van der Waals surface area contributed by atoms with Gasteiger partial charge in [-0.2, -0.15) is 0 Å². The molecule has 2 rings (SSSR count). The molecule has 1 aromatic carbocycles. The van der Waals surface area contributed by atoms with Crippen molar-refractivity contribution in [2.45, 2.75) is 26.2 Å². The average molecular weight is 245 g/mol. The third-order valence-corrected chi connectivity index (χ3v) is 3.40. The summed E-state index contributed by atoms with van der Waals surface area (Å²) >= 11 is 0. The Labute approximate surface area is 108 Å². The third kappa shape index (κ3) is 2.78. The second kappa shape index (κ2) is 4.92. The molecule has 18 heavy (non-hydrogen) atoms. The molecule has 1 saturated heterocycles. The van der Waals surface area contributed by atoms with E-state index in [2.05, 4.69) is 12.1 Å². The molecule has 1 atom stereocenters. The summed E-state index contributed by atoms with van der Waals surface area (Å²) in [6.45, 7) is 4.96. The molecule has 3 nitrogen and oxygen atoms in total. The molecule has 1 fully saturated rings. The molecule has 1 aromatic rings. The first-order valence-electron chi connectivity index (χ1n) is 6.31. The topological polar surface area (TPSA) is 37.4 Å². The van der Waals surface area contributed by atoms with Crippen molar-refractivity contribution in [2.75, 3.05) is 13.1 Å². The lowest BCUT2D eigenvalue weighted by molar-refractivity contribution is -0.129. The van der Waals surface area contributed by atoms with Crippen molar-refractivity contribution in [3.8, 4) is 0 Å². The van der Waals surface area contributed by atoms with Gasteiger partial charge in [0.2, 0.25) is 5.91 Å². The average Bonchev–Trinajstić information content (AvgIpc) is 2.72. The Hall–Kier alpha value is -1.64. The predicted molar refractivity (Wildman–Crippen MR) is 70.2 cm³/mol. The van der Waals surface area contributed by atoms with Crippen molar-refractivity contribution in [1.82, 2.24) is 4.90 Å². The first-order valence-corrected chi connectivity index (χ1v) is 6.31. The molecular weight excluding hydrogens is 226 g/mol. The second-order valence-electron chi connectivity index (χ2n) is 5.69. The molecule has 0 aliphatic carbocycles. The zero-order chi connectivity index (χ0) is 13.2. The molecule has 1 unspecified atom stereocenters. The van der Waals surface area contributed by atoms with Crippen LogP contribution in [0.2, 0.25) is 0 Å². The number of carbonyl (C=O) groups is 2. The Balaban J connectivity index is 2.06. The van der Waals surface area contributed by atoms with Gasteiger partial charge in [-0.05, 0) is 5.56 Å². The summed E-state index contributed by atoms with van der Waals surface area (Å²) in [5.41, 5.74) is 0.749. The van der Waals surface area contributed by atoms with Crippen LogP contribution in [0.1, 0.15) is 31.7 Å². The van der Waals surface area contributed by atoms with Crippen molar-refractivity contribution in [2.24, 2.45) is 5.41 Å². The van der Waals surface area contributed by atoms with Crippen molar-refractivity contribution in [3.05, 3.63) is 35.9 Å². The van der Waals surface area contributed by atoms with Gasteiger partial charge in [0.1, 0.15) is 6.29 Å². The van der Waals surface area contributed by atoms with Crippen molar-refractivity contribution < 1.29 is 9.59 Å². The Morgan fingerprint density at radius 3 is 2.61 bits per heavy atom. The van der Waals surface area contributed by atoms with Gasteiger partial charge in [-0.3, -0.25) is 4.79 Å². The van der Waals surface area contributed by atoms with Crippen LogP contribution in [0, 0.1) is 5.41 Å². The van der Waals surface area contributed by atoms with Gasteiger partial charge in [0.25, 0.3) is 0 Å². The lowest BCUT2D eigenvalue weighted by atomic mass is 9.95. The number of hydrogen-bond donors (Lipinski definition) is 0. The molecule has 3 heteroatoms. The van der Waals surface area contributed by atoms with Gasteiger partial charge in [-0.25, -0.2) is 0 Å². The van der Waals surface area contributed by atoms with Crippen molar-refractivity contribution in [1.29, 1.82) is 0 Å². The fraction of sp³-hybridized carbons (Fsp3) is 0.467.